The van der Waals surface area contributed by atoms with E-state index in [1.807, 2.05) is 12.1 Å². The van der Waals surface area contributed by atoms with Crippen molar-refractivity contribution >= 4 is 10.8 Å². The molecule has 0 N–H and O–H groups in total. The normalized spacial score (nSPS) is 19.3. The highest BCUT2D eigenvalue weighted by molar-refractivity contribution is 5.88. The minimum atomic E-state index is -0.870. The van der Waals surface area contributed by atoms with Crippen molar-refractivity contribution < 1.29 is 13.2 Å². The van der Waals surface area contributed by atoms with Gasteiger partial charge in [-0.15, -0.1) is 0 Å². The van der Waals surface area contributed by atoms with Crippen LogP contribution in [0.2, 0.25) is 0 Å². The van der Waals surface area contributed by atoms with Crippen LogP contribution in [-0.2, 0) is 0 Å². The van der Waals surface area contributed by atoms with Gasteiger partial charge in [-0.2, -0.15) is 0 Å². The first kappa shape index (κ1) is 21.0. The average Bonchev–Trinajstić information content (AvgIpc) is 2.77. The molecule has 158 valence electrons. The zero-order valence-electron chi connectivity index (χ0n) is 17.6. The molecular formula is C27H29F3. The first-order chi connectivity index (χ1) is 14.6. The lowest BCUT2D eigenvalue weighted by atomic mass is 9.77. The molecule has 0 unspecified atom stereocenters. The fraction of sp³-hybridized carbons (Fsp3) is 0.407. The minimum absolute atomic E-state index is 0.214. The minimum Gasteiger partial charge on any atom is -0.206 e. The average molecular weight is 411 g/mol. The Balaban J connectivity index is 1.49. The Morgan fingerprint density at radius 2 is 1.60 bits per heavy atom. The molecule has 0 heterocycles. The number of unbranched alkanes of at least 4 members (excludes halogenated alkanes) is 2. The summed E-state index contributed by atoms with van der Waals surface area (Å²) in [5.74, 6) is -0.713. The molecule has 3 aromatic rings. The van der Waals surface area contributed by atoms with E-state index < -0.39 is 11.6 Å². The van der Waals surface area contributed by atoms with Crippen molar-refractivity contribution in [3.63, 3.8) is 0 Å². The van der Waals surface area contributed by atoms with Crippen molar-refractivity contribution in [2.45, 2.75) is 64.2 Å². The van der Waals surface area contributed by atoms with Gasteiger partial charge in [-0.25, -0.2) is 13.2 Å². The third-order valence-corrected chi connectivity index (χ3v) is 6.75. The van der Waals surface area contributed by atoms with Gasteiger partial charge in [-0.05, 0) is 72.2 Å². The summed E-state index contributed by atoms with van der Waals surface area (Å²) < 4.78 is 42.3. The number of hydrogen-bond acceptors (Lipinski definition) is 0. The molecule has 1 saturated carbocycles. The van der Waals surface area contributed by atoms with E-state index in [4.69, 9.17) is 0 Å². The van der Waals surface area contributed by atoms with Gasteiger partial charge in [-0.3, -0.25) is 0 Å². The maximum Gasteiger partial charge on any atom is 0.166 e. The third-order valence-electron chi connectivity index (χ3n) is 6.75. The van der Waals surface area contributed by atoms with E-state index in [1.54, 1.807) is 18.2 Å². The van der Waals surface area contributed by atoms with Gasteiger partial charge >= 0.3 is 0 Å². The highest BCUT2D eigenvalue weighted by Crippen LogP contribution is 2.39. The topological polar surface area (TPSA) is 0 Å². The van der Waals surface area contributed by atoms with Crippen LogP contribution in [0.5, 0.6) is 0 Å². The number of halogens is 3. The fourth-order valence-electron chi connectivity index (χ4n) is 4.92. The zero-order chi connectivity index (χ0) is 21.1. The van der Waals surface area contributed by atoms with Crippen LogP contribution in [0.15, 0.2) is 48.5 Å². The number of fused-ring (bicyclic) bond motifs is 1. The second-order valence-corrected chi connectivity index (χ2v) is 8.75. The highest BCUT2D eigenvalue weighted by atomic mass is 19.2. The van der Waals surface area contributed by atoms with Gasteiger partial charge in [0, 0.05) is 10.9 Å². The Morgan fingerprint density at radius 1 is 0.800 bits per heavy atom. The quantitative estimate of drug-likeness (QED) is 0.356. The lowest BCUT2D eigenvalue weighted by molar-refractivity contribution is 0.302. The Bertz CT molecular complexity index is 1020. The molecule has 0 radical (unpaired) electrons. The Labute approximate surface area is 177 Å². The molecule has 1 aliphatic rings. The summed E-state index contributed by atoms with van der Waals surface area (Å²) in [5.41, 5.74) is 2.26. The molecule has 0 saturated heterocycles. The van der Waals surface area contributed by atoms with Crippen molar-refractivity contribution in [3.8, 4) is 11.1 Å². The van der Waals surface area contributed by atoms with Gasteiger partial charge in [-0.1, -0.05) is 62.9 Å². The predicted molar refractivity (Wildman–Crippen MR) is 118 cm³/mol. The van der Waals surface area contributed by atoms with Gasteiger partial charge < -0.3 is 0 Å². The molecule has 3 aromatic carbocycles. The van der Waals surface area contributed by atoms with E-state index >= 15 is 0 Å². The molecule has 0 bridgehead atoms. The SMILES string of the molecule is CCCCC[C@H]1CC[C@H](c2ccc(-c3ccc4c(F)c(F)ccc4c3)c(F)c2)CC1. The molecule has 1 aliphatic carbocycles. The summed E-state index contributed by atoms with van der Waals surface area (Å²) in [6.07, 6.45) is 10.0. The Kier molecular flexibility index (Phi) is 6.46. The van der Waals surface area contributed by atoms with E-state index in [2.05, 4.69) is 6.92 Å². The van der Waals surface area contributed by atoms with Crippen LogP contribution >= 0.6 is 0 Å². The van der Waals surface area contributed by atoms with Crippen LogP contribution in [0.3, 0.4) is 0 Å². The van der Waals surface area contributed by atoms with Crippen LogP contribution < -0.4 is 0 Å². The summed E-state index contributed by atoms with van der Waals surface area (Å²) >= 11 is 0. The van der Waals surface area contributed by atoms with Gasteiger partial charge in [0.1, 0.15) is 5.82 Å². The van der Waals surface area contributed by atoms with E-state index in [-0.39, 0.29) is 11.2 Å². The summed E-state index contributed by atoms with van der Waals surface area (Å²) in [4.78, 5) is 0. The molecule has 0 aliphatic heterocycles. The van der Waals surface area contributed by atoms with Gasteiger partial charge in [0.15, 0.2) is 11.6 Å². The van der Waals surface area contributed by atoms with Crippen molar-refractivity contribution in [2.75, 3.05) is 0 Å². The molecule has 0 spiro atoms. The molecule has 0 nitrogen and oxygen atoms in total. The molecule has 30 heavy (non-hydrogen) atoms. The Hall–Kier alpha value is -2.29. The molecular weight excluding hydrogens is 381 g/mol. The smallest absolute Gasteiger partial charge is 0.166 e. The van der Waals surface area contributed by atoms with Crippen molar-refractivity contribution in [3.05, 3.63) is 71.5 Å². The summed E-state index contributed by atoms with van der Waals surface area (Å²) in [5, 5.41) is 0.780. The summed E-state index contributed by atoms with van der Waals surface area (Å²) in [6.45, 7) is 2.24. The largest absolute Gasteiger partial charge is 0.206 e. The van der Waals surface area contributed by atoms with Crippen molar-refractivity contribution in [1.82, 2.24) is 0 Å². The monoisotopic (exact) mass is 410 g/mol. The van der Waals surface area contributed by atoms with Crippen LogP contribution in [-0.4, -0.2) is 0 Å². The van der Waals surface area contributed by atoms with Crippen LogP contribution in [0.25, 0.3) is 21.9 Å². The van der Waals surface area contributed by atoms with E-state index in [1.165, 1.54) is 50.7 Å². The Morgan fingerprint density at radius 3 is 2.33 bits per heavy atom. The second-order valence-electron chi connectivity index (χ2n) is 8.75. The van der Waals surface area contributed by atoms with E-state index in [9.17, 15) is 13.2 Å². The zero-order valence-corrected chi connectivity index (χ0v) is 17.6. The summed E-state index contributed by atoms with van der Waals surface area (Å²) in [7, 11) is 0. The molecule has 1 fully saturated rings. The van der Waals surface area contributed by atoms with Gasteiger partial charge in [0.25, 0.3) is 0 Å². The van der Waals surface area contributed by atoms with E-state index in [0.29, 0.717) is 22.4 Å². The summed E-state index contributed by atoms with van der Waals surface area (Å²) in [6, 6.07) is 13.1. The van der Waals surface area contributed by atoms with Crippen LogP contribution in [0.4, 0.5) is 13.2 Å². The number of rotatable bonds is 6. The molecule has 0 amide bonds. The lowest BCUT2D eigenvalue weighted by Gasteiger charge is -2.29. The third kappa shape index (κ3) is 4.40. The predicted octanol–water partition coefficient (Wildman–Crippen LogP) is 8.78. The second kappa shape index (κ2) is 9.24. The standard InChI is InChI=1S/C27H29F3/c1-2-3-4-5-18-6-8-19(9-7-18)20-10-13-23(26(29)17-20)21-11-14-24-22(16-21)12-15-25(28)27(24)30/h10-19H,2-9H2,1H3/t18-,19-. The fourth-order valence-corrected chi connectivity index (χ4v) is 4.92. The number of hydrogen-bond donors (Lipinski definition) is 0. The maximum atomic E-state index is 15.0. The van der Waals surface area contributed by atoms with Gasteiger partial charge in [0.2, 0.25) is 0 Å². The molecule has 3 heteroatoms. The number of benzene rings is 3. The van der Waals surface area contributed by atoms with Crippen LogP contribution in [0.1, 0.15) is 69.8 Å². The lowest BCUT2D eigenvalue weighted by Crippen LogP contribution is -2.13. The molecule has 0 aromatic heterocycles. The van der Waals surface area contributed by atoms with Crippen molar-refractivity contribution in [1.29, 1.82) is 0 Å². The first-order valence-electron chi connectivity index (χ1n) is 11.2. The van der Waals surface area contributed by atoms with Crippen molar-refractivity contribution in [2.24, 2.45) is 5.92 Å². The molecule has 0 atom stereocenters. The van der Waals surface area contributed by atoms with Gasteiger partial charge in [0.05, 0.1) is 0 Å². The van der Waals surface area contributed by atoms with E-state index in [0.717, 1.165) is 30.4 Å². The molecule has 4 rings (SSSR count). The maximum absolute atomic E-state index is 15.0. The highest BCUT2D eigenvalue weighted by Gasteiger charge is 2.23. The first-order valence-corrected chi connectivity index (χ1v) is 11.2. The van der Waals surface area contributed by atoms with Crippen LogP contribution in [0, 0.1) is 23.4 Å².